The molecule has 160 valence electrons. The number of allylic oxidation sites excluding steroid dienone is 1. The summed E-state index contributed by atoms with van der Waals surface area (Å²) in [4.78, 5) is 11.7. The number of halogens is 2. The summed E-state index contributed by atoms with van der Waals surface area (Å²) >= 11 is 0. The maximum atomic E-state index is 13.8. The van der Waals surface area contributed by atoms with E-state index in [4.69, 9.17) is 5.73 Å². The van der Waals surface area contributed by atoms with E-state index in [1.54, 1.807) is 19.1 Å². The van der Waals surface area contributed by atoms with Crippen LogP contribution in [0.3, 0.4) is 0 Å². The van der Waals surface area contributed by atoms with Gasteiger partial charge in [-0.2, -0.15) is 5.10 Å². The van der Waals surface area contributed by atoms with Crippen LogP contribution < -0.4 is 5.73 Å². The Morgan fingerprint density at radius 2 is 1.90 bits per heavy atom. The van der Waals surface area contributed by atoms with Crippen LogP contribution in [0.1, 0.15) is 27.3 Å². The Bertz CT molecular complexity index is 1000. The quantitative estimate of drug-likeness (QED) is 0.639. The number of sulfonamides is 1. The maximum absolute atomic E-state index is 13.8. The molecular weight excluding hydrogens is 423 g/mol. The number of aromatic carboxylic acids is 1. The number of nitrogens with zero attached hydrogens (tertiary/aromatic N) is 3. The van der Waals surface area contributed by atoms with E-state index in [1.807, 2.05) is 0 Å². The third-order valence-electron chi connectivity index (χ3n) is 4.26. The van der Waals surface area contributed by atoms with Gasteiger partial charge in [0.2, 0.25) is 10.0 Å². The van der Waals surface area contributed by atoms with E-state index < -0.39 is 21.8 Å². The van der Waals surface area contributed by atoms with Gasteiger partial charge in [-0.15, -0.1) is 12.4 Å². The molecular formula is C18H24ClFN4O4S. The molecule has 1 heterocycles. The van der Waals surface area contributed by atoms with E-state index in [2.05, 4.69) is 5.10 Å². The van der Waals surface area contributed by atoms with Gasteiger partial charge in [0.25, 0.3) is 0 Å². The minimum absolute atomic E-state index is 0. The average molecular weight is 447 g/mol. The van der Waals surface area contributed by atoms with E-state index in [-0.39, 0.29) is 42.5 Å². The molecule has 3 N–H and O–H groups in total. The van der Waals surface area contributed by atoms with E-state index >= 15 is 0 Å². The normalized spacial score (nSPS) is 12.1. The SMILES string of the molecule is Cc1c(Cc2ccc(S(=O)(=O)N(C)C)cc2)c(C(=O)O)nn1C/C(F)=C/CN.Cl. The predicted octanol–water partition coefficient (Wildman–Crippen LogP) is 1.96. The number of carboxylic acids is 1. The highest BCUT2D eigenvalue weighted by atomic mass is 35.5. The summed E-state index contributed by atoms with van der Waals surface area (Å²) in [6.07, 6.45) is 1.42. The lowest BCUT2D eigenvalue weighted by molar-refractivity contribution is 0.0688. The third-order valence-corrected chi connectivity index (χ3v) is 6.09. The Morgan fingerprint density at radius 3 is 2.38 bits per heavy atom. The molecule has 0 aliphatic rings. The Labute approximate surface area is 175 Å². The summed E-state index contributed by atoms with van der Waals surface area (Å²) < 4.78 is 40.5. The molecule has 2 rings (SSSR count). The molecule has 8 nitrogen and oxygen atoms in total. The van der Waals surface area contributed by atoms with Crippen molar-refractivity contribution in [2.24, 2.45) is 5.73 Å². The highest BCUT2D eigenvalue weighted by Crippen LogP contribution is 2.21. The van der Waals surface area contributed by atoms with Crippen LogP contribution in [-0.2, 0) is 23.0 Å². The number of aromatic nitrogens is 2. The van der Waals surface area contributed by atoms with E-state index in [9.17, 15) is 22.7 Å². The van der Waals surface area contributed by atoms with Gasteiger partial charge < -0.3 is 10.8 Å². The first-order valence-corrected chi connectivity index (χ1v) is 9.87. The van der Waals surface area contributed by atoms with Crippen LogP contribution in [0.25, 0.3) is 0 Å². The fourth-order valence-corrected chi connectivity index (χ4v) is 3.55. The second-order valence-corrected chi connectivity index (χ2v) is 8.52. The molecule has 1 aromatic carbocycles. The van der Waals surface area contributed by atoms with Gasteiger partial charge in [0.05, 0.1) is 11.4 Å². The van der Waals surface area contributed by atoms with E-state index in [0.717, 1.165) is 4.31 Å². The second kappa shape index (κ2) is 9.97. The van der Waals surface area contributed by atoms with Crippen molar-refractivity contribution >= 4 is 28.4 Å². The molecule has 0 aliphatic carbocycles. The van der Waals surface area contributed by atoms with Crippen LogP contribution in [0.5, 0.6) is 0 Å². The number of hydrogen-bond donors (Lipinski definition) is 2. The molecule has 0 radical (unpaired) electrons. The average Bonchev–Trinajstić information content (AvgIpc) is 2.92. The van der Waals surface area contributed by atoms with Gasteiger partial charge in [-0.25, -0.2) is 21.9 Å². The summed E-state index contributed by atoms with van der Waals surface area (Å²) in [5.74, 6) is -1.72. The van der Waals surface area contributed by atoms with E-state index in [1.165, 1.54) is 37.0 Å². The third kappa shape index (κ3) is 5.63. The topological polar surface area (TPSA) is 119 Å². The van der Waals surface area contributed by atoms with Gasteiger partial charge >= 0.3 is 5.97 Å². The minimum Gasteiger partial charge on any atom is -0.476 e. The van der Waals surface area contributed by atoms with Crippen molar-refractivity contribution in [1.29, 1.82) is 0 Å². The van der Waals surface area contributed by atoms with Crippen LogP contribution in [-0.4, -0.2) is 54.2 Å². The number of carboxylic acid groups (broad SMARTS) is 1. The van der Waals surface area contributed by atoms with Gasteiger partial charge in [-0.05, 0) is 30.7 Å². The smallest absolute Gasteiger partial charge is 0.356 e. The van der Waals surface area contributed by atoms with Gasteiger partial charge in [0, 0.05) is 38.3 Å². The number of carbonyl (C=O) groups is 1. The zero-order chi connectivity index (χ0) is 21.1. The summed E-state index contributed by atoms with van der Waals surface area (Å²) in [5.41, 5.74) is 6.78. The first-order chi connectivity index (χ1) is 13.1. The highest BCUT2D eigenvalue weighted by molar-refractivity contribution is 7.89. The van der Waals surface area contributed by atoms with Crippen molar-refractivity contribution in [2.45, 2.75) is 24.8 Å². The lowest BCUT2D eigenvalue weighted by Crippen LogP contribution is -2.22. The van der Waals surface area contributed by atoms with Crippen molar-refractivity contribution in [3.8, 4) is 0 Å². The molecule has 0 saturated heterocycles. The van der Waals surface area contributed by atoms with Crippen LogP contribution in [0, 0.1) is 6.92 Å². The lowest BCUT2D eigenvalue weighted by atomic mass is 10.0. The molecule has 0 unspecified atom stereocenters. The van der Waals surface area contributed by atoms with Gasteiger partial charge in [0.15, 0.2) is 5.69 Å². The molecule has 0 fully saturated rings. The Balaban J connectivity index is 0.00000420. The summed E-state index contributed by atoms with van der Waals surface area (Å²) in [6, 6.07) is 6.17. The monoisotopic (exact) mass is 446 g/mol. The molecule has 1 aromatic heterocycles. The zero-order valence-corrected chi connectivity index (χ0v) is 17.9. The molecule has 0 aliphatic heterocycles. The molecule has 0 bridgehead atoms. The zero-order valence-electron chi connectivity index (χ0n) is 16.3. The van der Waals surface area contributed by atoms with Crippen molar-refractivity contribution in [3.63, 3.8) is 0 Å². The molecule has 0 spiro atoms. The molecule has 0 saturated carbocycles. The fraction of sp³-hybridized carbons (Fsp3) is 0.333. The highest BCUT2D eigenvalue weighted by Gasteiger charge is 2.22. The van der Waals surface area contributed by atoms with Crippen LogP contribution in [0.15, 0.2) is 41.1 Å². The van der Waals surface area contributed by atoms with Crippen molar-refractivity contribution in [2.75, 3.05) is 20.6 Å². The number of rotatable bonds is 8. The number of benzene rings is 1. The molecule has 0 atom stereocenters. The Kier molecular flexibility index (Phi) is 8.51. The van der Waals surface area contributed by atoms with Crippen LogP contribution in [0.4, 0.5) is 4.39 Å². The fourth-order valence-electron chi connectivity index (χ4n) is 2.65. The van der Waals surface area contributed by atoms with Crippen molar-refractivity contribution < 1.29 is 22.7 Å². The Morgan fingerprint density at radius 1 is 1.31 bits per heavy atom. The van der Waals surface area contributed by atoms with Crippen LogP contribution >= 0.6 is 12.4 Å². The van der Waals surface area contributed by atoms with Gasteiger partial charge in [-0.1, -0.05) is 12.1 Å². The maximum Gasteiger partial charge on any atom is 0.356 e. The van der Waals surface area contributed by atoms with E-state index in [0.29, 0.717) is 16.8 Å². The standard InChI is InChI=1S/C18H23FN4O4S.ClH/c1-12-16(17(18(24)25)21-23(12)11-14(19)8-9-20)10-13-4-6-15(7-5-13)28(26,27)22(2)3;/h4-8H,9-11,20H2,1-3H3,(H,24,25);1H/b14-8-;. The molecule has 11 heteroatoms. The summed E-state index contributed by atoms with van der Waals surface area (Å²) in [7, 11) is -0.661. The van der Waals surface area contributed by atoms with Crippen LogP contribution in [0.2, 0.25) is 0 Å². The predicted molar refractivity (Wildman–Crippen MR) is 110 cm³/mol. The molecule has 29 heavy (non-hydrogen) atoms. The largest absolute Gasteiger partial charge is 0.476 e. The first-order valence-electron chi connectivity index (χ1n) is 8.43. The lowest BCUT2D eigenvalue weighted by Gasteiger charge is -2.11. The summed E-state index contributed by atoms with van der Waals surface area (Å²) in [5, 5.41) is 13.4. The van der Waals surface area contributed by atoms with Gasteiger partial charge in [-0.3, -0.25) is 4.68 Å². The first kappa shape index (κ1) is 24.8. The van der Waals surface area contributed by atoms with Crippen molar-refractivity contribution in [3.05, 3.63) is 58.7 Å². The molecule has 2 aromatic rings. The number of hydrogen-bond acceptors (Lipinski definition) is 5. The van der Waals surface area contributed by atoms with Gasteiger partial charge in [0.1, 0.15) is 5.83 Å². The molecule has 0 amide bonds. The Hall–Kier alpha value is -2.27. The summed E-state index contributed by atoms with van der Waals surface area (Å²) in [6.45, 7) is 1.49. The minimum atomic E-state index is -3.55. The second-order valence-electron chi connectivity index (χ2n) is 6.37. The van der Waals surface area contributed by atoms with Crippen molar-refractivity contribution in [1.82, 2.24) is 14.1 Å². The number of nitrogens with two attached hydrogens (primary N) is 1.